The first-order valence-electron chi connectivity index (χ1n) is 6.77. The van der Waals surface area contributed by atoms with E-state index in [0.29, 0.717) is 0 Å². The van der Waals surface area contributed by atoms with Crippen LogP contribution in [-0.4, -0.2) is 0 Å². The van der Waals surface area contributed by atoms with Crippen LogP contribution in [0.1, 0.15) is 36.8 Å². The van der Waals surface area contributed by atoms with Crippen LogP contribution in [0.15, 0.2) is 42.5 Å². The Morgan fingerprint density at radius 3 is 2.53 bits per heavy atom. The molecule has 1 aromatic rings. The van der Waals surface area contributed by atoms with E-state index >= 15 is 0 Å². The van der Waals surface area contributed by atoms with Crippen molar-refractivity contribution in [2.75, 3.05) is 0 Å². The normalized spacial score (nSPS) is 26.0. The quantitative estimate of drug-likeness (QED) is 0.655. The number of allylic oxidation sites excluding steroid dienone is 2. The monoisotopic (exact) mass is 224 g/mol. The molecule has 2 aliphatic rings. The van der Waals surface area contributed by atoms with Crippen LogP contribution in [-0.2, 0) is 6.42 Å². The Labute approximate surface area is 104 Å². The number of hydrogen-bond donors (Lipinski definition) is 0. The first-order chi connectivity index (χ1) is 8.35. The average molecular weight is 224 g/mol. The molecular formula is C17H20. The molecule has 2 bridgehead atoms. The maximum Gasteiger partial charge on any atom is -0.0197 e. The van der Waals surface area contributed by atoms with E-state index in [1.165, 1.54) is 43.2 Å². The fourth-order valence-electron chi connectivity index (χ4n) is 3.34. The summed E-state index contributed by atoms with van der Waals surface area (Å²) in [6, 6.07) is 8.81. The van der Waals surface area contributed by atoms with E-state index < -0.39 is 0 Å². The highest BCUT2D eigenvalue weighted by molar-refractivity contribution is 5.47. The zero-order valence-corrected chi connectivity index (χ0v) is 10.4. The third kappa shape index (κ3) is 2.22. The fraction of sp³-hybridized carbons (Fsp3) is 0.412. The maximum absolute atomic E-state index is 3.79. The van der Waals surface area contributed by atoms with Gasteiger partial charge in [0.25, 0.3) is 0 Å². The van der Waals surface area contributed by atoms with Gasteiger partial charge in [-0.3, -0.25) is 0 Å². The highest BCUT2D eigenvalue weighted by atomic mass is 14.4. The molecule has 2 atom stereocenters. The lowest BCUT2D eigenvalue weighted by atomic mass is 9.93. The summed E-state index contributed by atoms with van der Waals surface area (Å²) in [6.07, 6.45) is 11.3. The molecule has 0 amide bonds. The molecule has 0 nitrogen and oxygen atoms in total. The minimum atomic E-state index is 0.929. The van der Waals surface area contributed by atoms with Crippen LogP contribution in [0.3, 0.4) is 0 Å². The van der Waals surface area contributed by atoms with Gasteiger partial charge in [-0.1, -0.05) is 48.6 Å². The summed E-state index contributed by atoms with van der Waals surface area (Å²) in [5.41, 5.74) is 4.42. The molecule has 88 valence electrons. The van der Waals surface area contributed by atoms with Gasteiger partial charge in [0, 0.05) is 0 Å². The van der Waals surface area contributed by atoms with Crippen LogP contribution in [0.5, 0.6) is 0 Å². The SMILES string of the molecule is C=Cc1ccc(CCC2=CC3CCC2C3)cc1. The zero-order valence-electron chi connectivity index (χ0n) is 10.4. The van der Waals surface area contributed by atoms with E-state index in [1.807, 2.05) is 6.08 Å². The first-order valence-corrected chi connectivity index (χ1v) is 6.77. The number of rotatable bonds is 4. The molecule has 0 saturated heterocycles. The van der Waals surface area contributed by atoms with Crippen molar-refractivity contribution in [2.45, 2.75) is 32.1 Å². The van der Waals surface area contributed by atoms with Gasteiger partial charge >= 0.3 is 0 Å². The van der Waals surface area contributed by atoms with Gasteiger partial charge in [0.2, 0.25) is 0 Å². The number of fused-ring (bicyclic) bond motifs is 2. The summed E-state index contributed by atoms with van der Waals surface area (Å²) in [7, 11) is 0. The fourth-order valence-corrected chi connectivity index (χ4v) is 3.34. The van der Waals surface area contributed by atoms with E-state index in [-0.39, 0.29) is 0 Å². The second kappa shape index (κ2) is 4.52. The average Bonchev–Trinajstić information content (AvgIpc) is 2.99. The standard InChI is InChI=1S/C17H20/c1-2-13-3-5-14(6-4-13)7-9-16-11-15-8-10-17(16)12-15/h2-6,11,15,17H,1,7-10,12H2. The predicted molar refractivity (Wildman–Crippen MR) is 73.8 cm³/mol. The van der Waals surface area contributed by atoms with Gasteiger partial charge in [-0.25, -0.2) is 0 Å². The molecule has 0 aromatic heterocycles. The Kier molecular flexibility index (Phi) is 2.88. The second-order valence-corrected chi connectivity index (χ2v) is 5.46. The van der Waals surface area contributed by atoms with E-state index in [0.717, 1.165) is 11.8 Å². The molecule has 0 aliphatic heterocycles. The van der Waals surface area contributed by atoms with Crippen LogP contribution < -0.4 is 0 Å². The van der Waals surface area contributed by atoms with Crippen molar-refractivity contribution >= 4 is 6.08 Å². The minimum absolute atomic E-state index is 0.929. The van der Waals surface area contributed by atoms with Gasteiger partial charge in [-0.05, 0) is 55.1 Å². The molecule has 0 heterocycles. The molecule has 2 unspecified atom stereocenters. The Morgan fingerprint density at radius 1 is 1.12 bits per heavy atom. The third-order valence-corrected chi connectivity index (χ3v) is 4.37. The predicted octanol–water partition coefficient (Wildman–Crippen LogP) is 4.62. The molecule has 0 spiro atoms. The third-order valence-electron chi connectivity index (χ3n) is 4.37. The lowest BCUT2D eigenvalue weighted by Crippen LogP contribution is -1.99. The van der Waals surface area contributed by atoms with Gasteiger partial charge in [0.05, 0.1) is 0 Å². The van der Waals surface area contributed by atoms with Crippen LogP contribution >= 0.6 is 0 Å². The largest absolute Gasteiger partial charge is 0.0985 e. The molecule has 0 radical (unpaired) electrons. The Hall–Kier alpha value is -1.30. The zero-order chi connectivity index (χ0) is 11.7. The molecule has 2 aliphatic carbocycles. The Bertz CT molecular complexity index is 436. The van der Waals surface area contributed by atoms with Crippen LogP contribution in [0.25, 0.3) is 6.08 Å². The first kappa shape index (κ1) is 10.8. The van der Waals surface area contributed by atoms with Crippen molar-refractivity contribution < 1.29 is 0 Å². The summed E-state index contributed by atoms with van der Waals surface area (Å²) < 4.78 is 0. The Balaban J connectivity index is 1.60. The summed E-state index contributed by atoms with van der Waals surface area (Å²) in [6.45, 7) is 3.79. The van der Waals surface area contributed by atoms with Gasteiger partial charge < -0.3 is 0 Å². The van der Waals surface area contributed by atoms with Crippen molar-refractivity contribution in [3.8, 4) is 0 Å². The van der Waals surface area contributed by atoms with Gasteiger partial charge in [0.15, 0.2) is 0 Å². The lowest BCUT2D eigenvalue weighted by molar-refractivity contribution is 0.625. The maximum atomic E-state index is 3.79. The van der Waals surface area contributed by atoms with Crippen LogP contribution in [0.2, 0.25) is 0 Å². The van der Waals surface area contributed by atoms with E-state index in [4.69, 9.17) is 0 Å². The van der Waals surface area contributed by atoms with Crippen molar-refractivity contribution in [1.29, 1.82) is 0 Å². The topological polar surface area (TPSA) is 0 Å². The van der Waals surface area contributed by atoms with Gasteiger partial charge in [-0.15, -0.1) is 0 Å². The minimum Gasteiger partial charge on any atom is -0.0985 e. The molecule has 1 fully saturated rings. The highest BCUT2D eigenvalue weighted by Crippen LogP contribution is 2.45. The summed E-state index contributed by atoms with van der Waals surface area (Å²) in [4.78, 5) is 0. The van der Waals surface area contributed by atoms with E-state index in [1.54, 1.807) is 5.57 Å². The van der Waals surface area contributed by atoms with Crippen molar-refractivity contribution in [2.24, 2.45) is 11.8 Å². The molecule has 0 heteroatoms. The smallest absolute Gasteiger partial charge is 0.0197 e. The number of hydrogen-bond acceptors (Lipinski definition) is 0. The second-order valence-electron chi connectivity index (χ2n) is 5.46. The summed E-state index contributed by atoms with van der Waals surface area (Å²) in [5, 5.41) is 0. The molecule has 1 aromatic carbocycles. The lowest BCUT2D eigenvalue weighted by Gasteiger charge is -2.13. The molecule has 17 heavy (non-hydrogen) atoms. The van der Waals surface area contributed by atoms with E-state index in [2.05, 4.69) is 36.9 Å². The summed E-state index contributed by atoms with van der Waals surface area (Å²) >= 11 is 0. The van der Waals surface area contributed by atoms with Crippen LogP contribution in [0.4, 0.5) is 0 Å². The highest BCUT2D eigenvalue weighted by Gasteiger charge is 2.31. The van der Waals surface area contributed by atoms with Crippen molar-refractivity contribution in [3.63, 3.8) is 0 Å². The van der Waals surface area contributed by atoms with Gasteiger partial charge in [-0.2, -0.15) is 0 Å². The number of aryl methyl sites for hydroxylation is 1. The van der Waals surface area contributed by atoms with Crippen LogP contribution in [0, 0.1) is 11.8 Å². The molecule has 0 N–H and O–H groups in total. The van der Waals surface area contributed by atoms with Gasteiger partial charge in [0.1, 0.15) is 0 Å². The van der Waals surface area contributed by atoms with Crippen molar-refractivity contribution in [3.05, 3.63) is 53.6 Å². The van der Waals surface area contributed by atoms with Crippen molar-refractivity contribution in [1.82, 2.24) is 0 Å². The Morgan fingerprint density at radius 2 is 1.94 bits per heavy atom. The summed E-state index contributed by atoms with van der Waals surface area (Å²) in [5.74, 6) is 1.87. The van der Waals surface area contributed by atoms with E-state index in [9.17, 15) is 0 Å². The molecule has 3 rings (SSSR count). The number of benzene rings is 1. The molecular weight excluding hydrogens is 204 g/mol. The molecule has 1 saturated carbocycles.